The Morgan fingerprint density at radius 2 is 1.96 bits per heavy atom. The van der Waals surface area contributed by atoms with Gasteiger partial charge in [-0.05, 0) is 31.5 Å². The molecule has 1 aliphatic heterocycles. The van der Waals surface area contributed by atoms with Gasteiger partial charge in [0.25, 0.3) is 0 Å². The average Bonchev–Trinajstić information content (AvgIpc) is 2.86. The quantitative estimate of drug-likeness (QED) is 0.885. The van der Waals surface area contributed by atoms with Crippen molar-refractivity contribution in [2.45, 2.75) is 26.3 Å². The van der Waals surface area contributed by atoms with Gasteiger partial charge in [-0.3, -0.25) is 14.3 Å². The fourth-order valence-electron chi connectivity index (χ4n) is 3.19. The first-order chi connectivity index (χ1) is 12.3. The number of nitrogens with zero attached hydrogens (tertiary/aromatic N) is 3. The van der Waals surface area contributed by atoms with Crippen LogP contribution in [-0.2, 0) is 23.1 Å². The lowest BCUT2D eigenvalue weighted by atomic mass is 9.97. The summed E-state index contributed by atoms with van der Waals surface area (Å²) in [6.45, 7) is 4.68. The van der Waals surface area contributed by atoms with E-state index in [2.05, 4.69) is 10.4 Å². The normalized spacial score (nSPS) is 15.5. The number of likely N-dealkylation sites (tertiary alicyclic amines) is 1. The van der Waals surface area contributed by atoms with Crippen LogP contribution in [-0.4, -0.2) is 39.6 Å². The van der Waals surface area contributed by atoms with E-state index in [9.17, 15) is 14.0 Å². The highest BCUT2D eigenvalue weighted by atomic mass is 19.1. The lowest BCUT2D eigenvalue weighted by Crippen LogP contribution is -2.56. The minimum atomic E-state index is -0.320. The molecule has 0 saturated carbocycles. The number of aryl methyl sites for hydroxylation is 2. The van der Waals surface area contributed by atoms with Gasteiger partial charge >= 0.3 is 0 Å². The Kier molecular flexibility index (Phi) is 5.06. The predicted molar refractivity (Wildman–Crippen MR) is 94.7 cm³/mol. The van der Waals surface area contributed by atoms with Gasteiger partial charge in [0.15, 0.2) is 0 Å². The van der Waals surface area contributed by atoms with E-state index >= 15 is 0 Å². The van der Waals surface area contributed by atoms with Crippen molar-refractivity contribution in [1.29, 1.82) is 0 Å². The summed E-state index contributed by atoms with van der Waals surface area (Å²) >= 11 is 0. The molecule has 1 atom stereocenters. The third-order valence-corrected chi connectivity index (χ3v) is 4.75. The van der Waals surface area contributed by atoms with E-state index in [4.69, 9.17) is 0 Å². The minimum absolute atomic E-state index is 0.0446. The molecule has 1 aliphatic rings. The lowest BCUT2D eigenvalue weighted by molar-refractivity contribution is -0.142. The number of nitrogens with one attached hydrogen (secondary N) is 1. The van der Waals surface area contributed by atoms with Gasteiger partial charge in [-0.2, -0.15) is 5.10 Å². The van der Waals surface area contributed by atoms with Crippen molar-refractivity contribution in [1.82, 2.24) is 20.0 Å². The summed E-state index contributed by atoms with van der Waals surface area (Å²) < 4.78 is 14.6. The fourth-order valence-corrected chi connectivity index (χ4v) is 3.19. The second-order valence-corrected chi connectivity index (χ2v) is 6.87. The number of hydrogen-bond acceptors (Lipinski definition) is 3. The van der Waals surface area contributed by atoms with Gasteiger partial charge < -0.3 is 10.2 Å². The van der Waals surface area contributed by atoms with Crippen LogP contribution in [0.2, 0.25) is 0 Å². The highest BCUT2D eigenvalue weighted by Gasteiger charge is 2.36. The van der Waals surface area contributed by atoms with Crippen LogP contribution < -0.4 is 5.32 Å². The maximum atomic E-state index is 12.9. The van der Waals surface area contributed by atoms with Crippen LogP contribution in [0.4, 0.5) is 4.39 Å². The van der Waals surface area contributed by atoms with Crippen LogP contribution in [0.1, 0.15) is 29.8 Å². The van der Waals surface area contributed by atoms with Crippen LogP contribution in [0.25, 0.3) is 0 Å². The van der Waals surface area contributed by atoms with Gasteiger partial charge in [-0.15, -0.1) is 0 Å². The number of hydrogen-bond donors (Lipinski definition) is 1. The van der Waals surface area contributed by atoms with Gasteiger partial charge in [0.1, 0.15) is 5.82 Å². The van der Waals surface area contributed by atoms with Gasteiger partial charge in [0.05, 0.1) is 24.1 Å². The zero-order chi connectivity index (χ0) is 18.8. The zero-order valence-electron chi connectivity index (χ0n) is 15.2. The topological polar surface area (TPSA) is 67.2 Å². The molecule has 0 spiro atoms. The minimum Gasteiger partial charge on any atom is -0.349 e. The summed E-state index contributed by atoms with van der Waals surface area (Å²) in [7, 11) is 1.85. The molecule has 1 fully saturated rings. The van der Waals surface area contributed by atoms with Gasteiger partial charge in [-0.1, -0.05) is 12.1 Å². The van der Waals surface area contributed by atoms with Crippen molar-refractivity contribution in [2.75, 3.05) is 13.1 Å². The monoisotopic (exact) mass is 358 g/mol. The van der Waals surface area contributed by atoms with Gasteiger partial charge in [0, 0.05) is 31.9 Å². The Morgan fingerprint density at radius 3 is 2.54 bits per heavy atom. The number of halogens is 1. The summed E-state index contributed by atoms with van der Waals surface area (Å²) in [5.41, 5.74) is 2.65. The second kappa shape index (κ2) is 7.27. The predicted octanol–water partition coefficient (Wildman–Crippen LogP) is 1.75. The molecule has 3 rings (SSSR count). The number of benzene rings is 1. The average molecular weight is 358 g/mol. The molecule has 2 amide bonds. The molecular formula is C19H23FN4O2. The first-order valence-corrected chi connectivity index (χ1v) is 8.66. The molecule has 1 aromatic heterocycles. The Hall–Kier alpha value is -2.70. The van der Waals surface area contributed by atoms with Crippen LogP contribution in [0.15, 0.2) is 30.5 Å². The van der Waals surface area contributed by atoms with Crippen LogP contribution >= 0.6 is 0 Å². The summed E-state index contributed by atoms with van der Waals surface area (Å²) in [5, 5.41) is 7.28. The Bertz CT molecular complexity index is 809. The number of aromatic nitrogens is 2. The van der Waals surface area contributed by atoms with Crippen molar-refractivity contribution in [3.63, 3.8) is 0 Å². The molecule has 0 bridgehead atoms. The van der Waals surface area contributed by atoms with Crippen molar-refractivity contribution < 1.29 is 14.0 Å². The summed E-state index contributed by atoms with van der Waals surface area (Å²) in [6, 6.07) is 5.78. The van der Waals surface area contributed by atoms with E-state index in [1.54, 1.807) is 21.7 Å². The van der Waals surface area contributed by atoms with Crippen molar-refractivity contribution >= 4 is 11.8 Å². The maximum absolute atomic E-state index is 12.9. The highest BCUT2D eigenvalue weighted by molar-refractivity contribution is 5.85. The van der Waals surface area contributed by atoms with E-state index in [0.717, 1.165) is 16.8 Å². The van der Waals surface area contributed by atoms with E-state index in [-0.39, 0.29) is 36.0 Å². The van der Waals surface area contributed by atoms with E-state index < -0.39 is 0 Å². The third kappa shape index (κ3) is 3.92. The van der Waals surface area contributed by atoms with Crippen LogP contribution in [0, 0.1) is 18.7 Å². The summed E-state index contributed by atoms with van der Waals surface area (Å²) in [6.07, 6.45) is 2.12. The van der Waals surface area contributed by atoms with Crippen molar-refractivity contribution in [3.8, 4) is 0 Å². The Morgan fingerprint density at radius 1 is 1.31 bits per heavy atom. The maximum Gasteiger partial charge on any atom is 0.227 e. The summed E-state index contributed by atoms with van der Waals surface area (Å²) in [5.74, 6) is -0.602. The largest absolute Gasteiger partial charge is 0.349 e. The molecule has 2 heterocycles. The Balaban J connectivity index is 1.48. The van der Waals surface area contributed by atoms with E-state index in [1.165, 1.54) is 12.1 Å². The highest BCUT2D eigenvalue weighted by Crippen LogP contribution is 2.21. The molecule has 7 heteroatoms. The number of carbonyl (C=O) groups excluding carboxylic acids is 2. The molecule has 138 valence electrons. The number of rotatable bonds is 5. The molecule has 1 N–H and O–H groups in total. The smallest absolute Gasteiger partial charge is 0.227 e. The second-order valence-electron chi connectivity index (χ2n) is 6.87. The molecule has 0 radical (unpaired) electrons. The standard InChI is InChI=1S/C19H23FN4O2/c1-12(17-11-23(3)22-13(17)2)21-19(26)15-9-24(10-15)18(25)8-14-4-6-16(20)7-5-14/h4-7,11-12,15H,8-10H2,1-3H3,(H,21,26)/t12-/m1/s1. The first-order valence-electron chi connectivity index (χ1n) is 8.66. The van der Waals surface area contributed by atoms with Crippen LogP contribution in [0.5, 0.6) is 0 Å². The van der Waals surface area contributed by atoms with Gasteiger partial charge in [-0.25, -0.2) is 4.39 Å². The lowest BCUT2D eigenvalue weighted by Gasteiger charge is -2.38. The molecule has 6 nitrogen and oxygen atoms in total. The molecule has 2 aromatic rings. The van der Waals surface area contributed by atoms with E-state index in [1.807, 2.05) is 27.1 Å². The SMILES string of the molecule is Cc1nn(C)cc1[C@@H](C)NC(=O)C1CN(C(=O)Cc2ccc(F)cc2)C1. The number of carbonyl (C=O) groups is 2. The molecular weight excluding hydrogens is 335 g/mol. The fraction of sp³-hybridized carbons (Fsp3) is 0.421. The van der Waals surface area contributed by atoms with Crippen LogP contribution in [0.3, 0.4) is 0 Å². The molecule has 1 saturated heterocycles. The molecule has 26 heavy (non-hydrogen) atoms. The third-order valence-electron chi connectivity index (χ3n) is 4.75. The Labute approximate surface area is 152 Å². The van der Waals surface area contributed by atoms with Crippen molar-refractivity contribution in [3.05, 3.63) is 53.1 Å². The van der Waals surface area contributed by atoms with Gasteiger partial charge in [0.2, 0.25) is 11.8 Å². The number of amides is 2. The summed E-state index contributed by atoms with van der Waals surface area (Å²) in [4.78, 5) is 26.3. The van der Waals surface area contributed by atoms with Crippen molar-refractivity contribution in [2.24, 2.45) is 13.0 Å². The zero-order valence-corrected chi connectivity index (χ0v) is 15.2. The molecule has 0 aliphatic carbocycles. The molecule has 0 unspecified atom stereocenters. The van der Waals surface area contributed by atoms with E-state index in [0.29, 0.717) is 13.1 Å². The first kappa shape index (κ1) is 18.1. The molecule has 1 aromatic carbocycles.